The van der Waals surface area contributed by atoms with E-state index in [2.05, 4.69) is 4.98 Å². The second kappa shape index (κ2) is 5.98. The Bertz CT molecular complexity index is 803. The van der Waals surface area contributed by atoms with Crippen molar-refractivity contribution in [1.29, 1.82) is 0 Å². The zero-order chi connectivity index (χ0) is 17.5. The van der Waals surface area contributed by atoms with Gasteiger partial charge in [-0.25, -0.2) is 9.37 Å². The highest BCUT2D eigenvalue weighted by Gasteiger charge is 2.42. The van der Waals surface area contributed by atoms with Crippen LogP contribution in [0.4, 0.5) is 4.39 Å². The molecule has 7 heteroatoms. The maximum Gasteiger partial charge on any atom is 0.311 e. The lowest BCUT2D eigenvalue weighted by Crippen LogP contribution is -2.34. The number of carboxylic acids is 1. The third kappa shape index (κ3) is 2.91. The number of hydrogen-bond donors (Lipinski definition) is 1. The predicted octanol–water partition coefficient (Wildman–Crippen LogP) is 3.19. The molecule has 1 atom stereocenters. The van der Waals surface area contributed by atoms with Gasteiger partial charge in [-0.3, -0.25) is 9.59 Å². The molecule has 0 bridgehead atoms. The molecule has 1 saturated heterocycles. The fourth-order valence-corrected chi connectivity index (χ4v) is 3.80. The Labute approximate surface area is 142 Å². The summed E-state index contributed by atoms with van der Waals surface area (Å²) in [5.74, 6) is -1.40. The Balaban J connectivity index is 1.84. The number of amides is 1. The SMILES string of the molecule is Cc1nc(-c2ccc(F)cc2)sc1C(=O)N1CC[C@@](C)(C(=O)O)C1. The average Bonchev–Trinajstić information content (AvgIpc) is 3.12. The average molecular weight is 348 g/mol. The van der Waals surface area contributed by atoms with E-state index in [-0.39, 0.29) is 18.3 Å². The van der Waals surface area contributed by atoms with Crippen LogP contribution in [-0.2, 0) is 4.79 Å². The summed E-state index contributed by atoms with van der Waals surface area (Å²) < 4.78 is 13.0. The van der Waals surface area contributed by atoms with Crippen LogP contribution in [0.1, 0.15) is 28.7 Å². The summed E-state index contributed by atoms with van der Waals surface area (Å²) in [6.45, 7) is 4.03. The monoisotopic (exact) mass is 348 g/mol. The second-order valence-electron chi connectivity index (χ2n) is 6.28. The van der Waals surface area contributed by atoms with E-state index in [1.54, 1.807) is 30.9 Å². The largest absolute Gasteiger partial charge is 0.481 e. The molecular formula is C17H17FN2O3S. The van der Waals surface area contributed by atoms with Crippen LogP contribution >= 0.6 is 11.3 Å². The van der Waals surface area contributed by atoms with E-state index in [1.807, 2.05) is 0 Å². The van der Waals surface area contributed by atoms with Crippen LogP contribution in [-0.4, -0.2) is 40.0 Å². The van der Waals surface area contributed by atoms with Crippen molar-refractivity contribution in [2.24, 2.45) is 5.41 Å². The molecule has 0 saturated carbocycles. The quantitative estimate of drug-likeness (QED) is 0.925. The molecule has 5 nitrogen and oxygen atoms in total. The number of thiazole rings is 1. The van der Waals surface area contributed by atoms with Gasteiger partial charge in [0.25, 0.3) is 5.91 Å². The topological polar surface area (TPSA) is 70.5 Å². The third-order valence-corrected chi connectivity index (χ3v) is 5.55. The first-order valence-electron chi connectivity index (χ1n) is 7.56. The van der Waals surface area contributed by atoms with E-state index in [0.29, 0.717) is 28.5 Å². The summed E-state index contributed by atoms with van der Waals surface area (Å²) in [4.78, 5) is 30.5. The molecule has 126 valence electrons. The number of aliphatic carboxylic acids is 1. The molecule has 0 aliphatic carbocycles. The van der Waals surface area contributed by atoms with Crippen molar-refractivity contribution in [2.45, 2.75) is 20.3 Å². The Hall–Kier alpha value is -2.28. The minimum atomic E-state index is -0.895. The first-order valence-corrected chi connectivity index (χ1v) is 8.38. The van der Waals surface area contributed by atoms with Gasteiger partial charge < -0.3 is 10.0 Å². The number of carbonyl (C=O) groups excluding carboxylic acids is 1. The van der Waals surface area contributed by atoms with E-state index in [0.717, 1.165) is 5.56 Å². The Kier molecular flexibility index (Phi) is 4.13. The third-order valence-electron chi connectivity index (χ3n) is 4.36. The van der Waals surface area contributed by atoms with E-state index < -0.39 is 11.4 Å². The maximum absolute atomic E-state index is 13.0. The molecule has 2 aromatic rings. The molecule has 1 aliphatic heterocycles. The highest BCUT2D eigenvalue weighted by Crippen LogP contribution is 2.34. The maximum atomic E-state index is 13.0. The fourth-order valence-electron chi connectivity index (χ4n) is 2.76. The molecule has 1 N–H and O–H groups in total. The van der Waals surface area contributed by atoms with Gasteiger partial charge in [0.1, 0.15) is 15.7 Å². The second-order valence-corrected chi connectivity index (χ2v) is 7.28. The van der Waals surface area contributed by atoms with Gasteiger partial charge in [0, 0.05) is 18.7 Å². The highest BCUT2D eigenvalue weighted by molar-refractivity contribution is 7.17. The van der Waals surface area contributed by atoms with E-state index >= 15 is 0 Å². The zero-order valence-corrected chi connectivity index (χ0v) is 14.2. The van der Waals surface area contributed by atoms with E-state index in [4.69, 9.17) is 0 Å². The number of carbonyl (C=O) groups is 2. The molecule has 1 aromatic heterocycles. The molecule has 1 aliphatic rings. The predicted molar refractivity (Wildman–Crippen MR) is 88.5 cm³/mol. The van der Waals surface area contributed by atoms with Crippen LogP contribution in [0.5, 0.6) is 0 Å². The lowest BCUT2D eigenvalue weighted by molar-refractivity contribution is -0.147. The Morgan fingerprint density at radius 2 is 2.00 bits per heavy atom. The summed E-state index contributed by atoms with van der Waals surface area (Å²) in [5.41, 5.74) is 0.460. The molecule has 24 heavy (non-hydrogen) atoms. The van der Waals surface area contributed by atoms with E-state index in [1.165, 1.54) is 23.5 Å². The summed E-state index contributed by atoms with van der Waals surface area (Å²) in [5, 5.41) is 9.94. The van der Waals surface area contributed by atoms with Crippen LogP contribution in [0.15, 0.2) is 24.3 Å². The molecule has 1 fully saturated rings. The Morgan fingerprint density at radius 1 is 1.33 bits per heavy atom. The van der Waals surface area contributed by atoms with Gasteiger partial charge in [0.15, 0.2) is 0 Å². The first kappa shape index (κ1) is 16.6. The first-order chi connectivity index (χ1) is 11.3. The summed E-state index contributed by atoms with van der Waals surface area (Å²) in [6.07, 6.45) is 0.441. The van der Waals surface area contributed by atoms with Crippen LogP contribution < -0.4 is 0 Å². The lowest BCUT2D eigenvalue weighted by Gasteiger charge is -2.19. The number of rotatable bonds is 3. The van der Waals surface area contributed by atoms with Gasteiger partial charge >= 0.3 is 5.97 Å². The zero-order valence-electron chi connectivity index (χ0n) is 13.4. The summed E-state index contributed by atoms with van der Waals surface area (Å²) >= 11 is 1.25. The summed E-state index contributed by atoms with van der Waals surface area (Å²) in [6, 6.07) is 5.96. The molecule has 1 amide bonds. The number of hydrogen-bond acceptors (Lipinski definition) is 4. The molecule has 2 heterocycles. The van der Waals surface area contributed by atoms with Crippen molar-refractivity contribution < 1.29 is 19.1 Å². The number of aromatic nitrogens is 1. The molecule has 0 radical (unpaired) electrons. The molecular weight excluding hydrogens is 331 g/mol. The van der Waals surface area contributed by atoms with Gasteiger partial charge in [-0.05, 0) is 44.5 Å². The van der Waals surface area contributed by atoms with Crippen LogP contribution in [0.25, 0.3) is 10.6 Å². The van der Waals surface area contributed by atoms with Crippen molar-refractivity contribution in [3.63, 3.8) is 0 Å². The fraction of sp³-hybridized carbons (Fsp3) is 0.353. The molecule has 3 rings (SSSR count). The number of carboxylic acid groups (broad SMARTS) is 1. The minimum absolute atomic E-state index is 0.191. The van der Waals surface area contributed by atoms with Gasteiger partial charge in [-0.15, -0.1) is 11.3 Å². The van der Waals surface area contributed by atoms with Crippen LogP contribution in [0, 0.1) is 18.2 Å². The van der Waals surface area contributed by atoms with Gasteiger partial charge in [0.2, 0.25) is 0 Å². The lowest BCUT2D eigenvalue weighted by atomic mass is 9.90. The normalized spacial score (nSPS) is 20.4. The number of halogens is 1. The number of likely N-dealkylation sites (tertiary alicyclic amines) is 1. The number of benzene rings is 1. The van der Waals surface area contributed by atoms with Gasteiger partial charge in [-0.2, -0.15) is 0 Å². The minimum Gasteiger partial charge on any atom is -0.481 e. The molecule has 0 unspecified atom stereocenters. The van der Waals surface area contributed by atoms with Crippen LogP contribution in [0.2, 0.25) is 0 Å². The Morgan fingerprint density at radius 3 is 2.58 bits per heavy atom. The van der Waals surface area contributed by atoms with Crippen molar-refractivity contribution >= 4 is 23.2 Å². The number of aryl methyl sites for hydroxylation is 1. The van der Waals surface area contributed by atoms with Gasteiger partial charge in [-0.1, -0.05) is 0 Å². The summed E-state index contributed by atoms with van der Waals surface area (Å²) in [7, 11) is 0. The molecule has 1 aromatic carbocycles. The van der Waals surface area contributed by atoms with Gasteiger partial charge in [0.05, 0.1) is 11.1 Å². The standard InChI is InChI=1S/C17H17FN2O3S/c1-10-13(15(21)20-8-7-17(2,9-20)16(22)23)24-14(19-10)11-3-5-12(18)6-4-11/h3-6H,7-9H2,1-2H3,(H,22,23)/t17-/m1/s1. The number of nitrogens with zero attached hydrogens (tertiary/aromatic N) is 2. The van der Waals surface area contributed by atoms with Crippen molar-refractivity contribution in [3.05, 3.63) is 40.7 Å². The smallest absolute Gasteiger partial charge is 0.311 e. The highest BCUT2D eigenvalue weighted by atomic mass is 32.1. The van der Waals surface area contributed by atoms with Crippen LogP contribution in [0.3, 0.4) is 0 Å². The van der Waals surface area contributed by atoms with E-state index in [9.17, 15) is 19.1 Å². The van der Waals surface area contributed by atoms with Crippen molar-refractivity contribution in [3.8, 4) is 10.6 Å². The molecule has 0 spiro atoms. The van der Waals surface area contributed by atoms with Crippen molar-refractivity contribution in [2.75, 3.05) is 13.1 Å². The van der Waals surface area contributed by atoms with Crippen molar-refractivity contribution in [1.82, 2.24) is 9.88 Å².